The summed E-state index contributed by atoms with van der Waals surface area (Å²) in [5.41, 5.74) is 1.82. The van der Waals surface area contributed by atoms with Gasteiger partial charge < -0.3 is 9.84 Å². The molecule has 1 aromatic heterocycles. The number of nitrogens with zero attached hydrogens (tertiary/aromatic N) is 2. The minimum atomic E-state index is -0.573. The Morgan fingerprint density at radius 1 is 1.53 bits per heavy atom. The first kappa shape index (κ1) is 12.2. The van der Waals surface area contributed by atoms with Crippen molar-refractivity contribution in [2.45, 2.75) is 39.4 Å². The van der Waals surface area contributed by atoms with Crippen molar-refractivity contribution in [3.05, 3.63) is 17.5 Å². The first-order valence-corrected chi connectivity index (χ1v) is 5.36. The van der Waals surface area contributed by atoms with Crippen LogP contribution in [0, 0.1) is 0 Å². The topological polar surface area (TPSA) is 47.3 Å². The van der Waals surface area contributed by atoms with Crippen molar-refractivity contribution >= 4 is 0 Å². The summed E-state index contributed by atoms with van der Waals surface area (Å²) >= 11 is 0. The molecule has 0 aliphatic carbocycles. The number of rotatable bonds is 5. The van der Waals surface area contributed by atoms with Crippen LogP contribution in [0.25, 0.3) is 0 Å². The first-order valence-electron chi connectivity index (χ1n) is 5.36. The molecule has 0 saturated heterocycles. The van der Waals surface area contributed by atoms with Crippen LogP contribution < -0.4 is 0 Å². The third-order valence-electron chi connectivity index (χ3n) is 2.22. The standard InChI is InChI=1S/C11H20N2O2/c1-5-10-9(6-13(4)12-10)11(14)7-15-8(2)3/h6,8,11,14H,5,7H2,1-4H3. The van der Waals surface area contributed by atoms with Gasteiger partial charge in [-0.25, -0.2) is 0 Å². The number of hydrogen-bond donors (Lipinski definition) is 1. The predicted octanol–water partition coefficient (Wildman–Crippen LogP) is 1.44. The van der Waals surface area contributed by atoms with E-state index in [1.165, 1.54) is 0 Å². The molecular formula is C11H20N2O2. The molecule has 0 aromatic carbocycles. The highest BCUT2D eigenvalue weighted by atomic mass is 16.5. The van der Waals surface area contributed by atoms with E-state index >= 15 is 0 Å². The molecule has 15 heavy (non-hydrogen) atoms. The zero-order valence-corrected chi connectivity index (χ0v) is 9.90. The van der Waals surface area contributed by atoms with Gasteiger partial charge in [-0.05, 0) is 20.3 Å². The third-order valence-corrected chi connectivity index (χ3v) is 2.22. The van der Waals surface area contributed by atoms with Crippen LogP contribution in [0.15, 0.2) is 6.20 Å². The van der Waals surface area contributed by atoms with Gasteiger partial charge in [0.1, 0.15) is 6.10 Å². The van der Waals surface area contributed by atoms with Gasteiger partial charge >= 0.3 is 0 Å². The van der Waals surface area contributed by atoms with Crippen LogP contribution in [0.3, 0.4) is 0 Å². The second kappa shape index (κ2) is 5.28. The van der Waals surface area contributed by atoms with Gasteiger partial charge in [-0.15, -0.1) is 0 Å². The average molecular weight is 212 g/mol. The molecule has 4 heteroatoms. The molecule has 4 nitrogen and oxygen atoms in total. The molecule has 0 amide bonds. The van der Waals surface area contributed by atoms with Crippen molar-refractivity contribution < 1.29 is 9.84 Å². The highest BCUT2D eigenvalue weighted by Gasteiger charge is 2.15. The van der Waals surface area contributed by atoms with Crippen molar-refractivity contribution in [2.24, 2.45) is 7.05 Å². The molecule has 1 heterocycles. The van der Waals surface area contributed by atoms with E-state index < -0.39 is 6.10 Å². The van der Waals surface area contributed by atoms with E-state index in [1.807, 2.05) is 34.0 Å². The van der Waals surface area contributed by atoms with Gasteiger partial charge in [-0.1, -0.05) is 6.92 Å². The maximum atomic E-state index is 9.92. The zero-order valence-electron chi connectivity index (χ0n) is 9.90. The lowest BCUT2D eigenvalue weighted by atomic mass is 10.1. The molecule has 0 spiro atoms. The molecule has 86 valence electrons. The van der Waals surface area contributed by atoms with E-state index in [9.17, 15) is 5.11 Å². The molecule has 0 aliphatic heterocycles. The SMILES string of the molecule is CCc1nn(C)cc1C(O)COC(C)C. The lowest BCUT2D eigenvalue weighted by Crippen LogP contribution is -2.12. The van der Waals surface area contributed by atoms with Crippen LogP contribution >= 0.6 is 0 Å². The zero-order chi connectivity index (χ0) is 11.4. The van der Waals surface area contributed by atoms with Crippen LogP contribution in [0.5, 0.6) is 0 Å². The van der Waals surface area contributed by atoms with Gasteiger partial charge in [0.05, 0.1) is 18.4 Å². The molecule has 0 fully saturated rings. The Kier molecular flexibility index (Phi) is 4.29. The minimum absolute atomic E-state index is 0.140. The average Bonchev–Trinajstić information content (AvgIpc) is 2.56. The van der Waals surface area contributed by atoms with Gasteiger partial charge in [0, 0.05) is 18.8 Å². The largest absolute Gasteiger partial charge is 0.386 e. The lowest BCUT2D eigenvalue weighted by Gasteiger charge is -2.13. The number of aromatic nitrogens is 2. The van der Waals surface area contributed by atoms with E-state index in [1.54, 1.807) is 4.68 Å². The summed E-state index contributed by atoms with van der Waals surface area (Å²) in [5.74, 6) is 0. The fourth-order valence-corrected chi connectivity index (χ4v) is 1.48. The molecule has 0 radical (unpaired) electrons. The Hall–Kier alpha value is -0.870. The molecule has 0 saturated carbocycles. The smallest absolute Gasteiger partial charge is 0.106 e. The van der Waals surface area contributed by atoms with Gasteiger partial charge in [0.15, 0.2) is 0 Å². The molecule has 0 aliphatic rings. The van der Waals surface area contributed by atoms with Crippen molar-refractivity contribution in [2.75, 3.05) is 6.61 Å². The Balaban J connectivity index is 2.67. The fraction of sp³-hybridized carbons (Fsp3) is 0.727. The van der Waals surface area contributed by atoms with Gasteiger partial charge in [0.2, 0.25) is 0 Å². The van der Waals surface area contributed by atoms with Crippen LogP contribution in [-0.2, 0) is 18.2 Å². The summed E-state index contributed by atoms with van der Waals surface area (Å²) in [4.78, 5) is 0. The quantitative estimate of drug-likeness (QED) is 0.803. The summed E-state index contributed by atoms with van der Waals surface area (Å²) in [6.45, 7) is 6.27. The van der Waals surface area contributed by atoms with E-state index in [-0.39, 0.29) is 6.10 Å². The minimum Gasteiger partial charge on any atom is -0.386 e. The van der Waals surface area contributed by atoms with Crippen LogP contribution in [0.2, 0.25) is 0 Å². The molecule has 1 unspecified atom stereocenters. The second-order valence-corrected chi connectivity index (χ2v) is 3.96. The number of aliphatic hydroxyl groups excluding tert-OH is 1. The van der Waals surface area contributed by atoms with E-state index in [0.717, 1.165) is 17.7 Å². The van der Waals surface area contributed by atoms with Crippen molar-refractivity contribution in [3.63, 3.8) is 0 Å². The van der Waals surface area contributed by atoms with Crippen molar-refractivity contribution in [1.82, 2.24) is 9.78 Å². The molecular weight excluding hydrogens is 192 g/mol. The van der Waals surface area contributed by atoms with E-state index in [4.69, 9.17) is 4.74 Å². The molecule has 1 aromatic rings. The second-order valence-electron chi connectivity index (χ2n) is 3.96. The number of ether oxygens (including phenoxy) is 1. The fourth-order valence-electron chi connectivity index (χ4n) is 1.48. The lowest BCUT2D eigenvalue weighted by molar-refractivity contribution is 0.00459. The Morgan fingerprint density at radius 2 is 2.20 bits per heavy atom. The third kappa shape index (κ3) is 3.32. The van der Waals surface area contributed by atoms with Gasteiger partial charge in [-0.3, -0.25) is 4.68 Å². The predicted molar refractivity (Wildman–Crippen MR) is 58.6 cm³/mol. The molecule has 1 atom stereocenters. The van der Waals surface area contributed by atoms with Gasteiger partial charge in [-0.2, -0.15) is 5.10 Å². The monoisotopic (exact) mass is 212 g/mol. The first-order chi connectivity index (χ1) is 7.04. The Labute approximate surface area is 90.9 Å². The summed E-state index contributed by atoms with van der Waals surface area (Å²) in [6, 6.07) is 0. The van der Waals surface area contributed by atoms with Crippen molar-refractivity contribution in [3.8, 4) is 0 Å². The summed E-state index contributed by atoms with van der Waals surface area (Å²) in [5, 5.41) is 14.2. The van der Waals surface area contributed by atoms with E-state index in [2.05, 4.69) is 5.10 Å². The maximum Gasteiger partial charge on any atom is 0.106 e. The Morgan fingerprint density at radius 3 is 2.73 bits per heavy atom. The van der Waals surface area contributed by atoms with Gasteiger partial charge in [0.25, 0.3) is 0 Å². The summed E-state index contributed by atoms with van der Waals surface area (Å²) < 4.78 is 7.11. The highest BCUT2D eigenvalue weighted by molar-refractivity contribution is 5.19. The molecule has 1 rings (SSSR count). The van der Waals surface area contributed by atoms with Crippen molar-refractivity contribution in [1.29, 1.82) is 0 Å². The van der Waals surface area contributed by atoms with E-state index in [0.29, 0.717) is 6.61 Å². The maximum absolute atomic E-state index is 9.92. The number of aryl methyl sites for hydroxylation is 2. The van der Waals surface area contributed by atoms with Crippen LogP contribution in [0.4, 0.5) is 0 Å². The number of aliphatic hydroxyl groups is 1. The molecule has 1 N–H and O–H groups in total. The summed E-state index contributed by atoms with van der Waals surface area (Å²) in [7, 11) is 1.86. The van der Waals surface area contributed by atoms with Crippen LogP contribution in [0.1, 0.15) is 38.1 Å². The normalized spacial score (nSPS) is 13.5. The number of hydrogen-bond acceptors (Lipinski definition) is 3. The van der Waals surface area contributed by atoms with Crippen LogP contribution in [-0.4, -0.2) is 27.6 Å². The molecule has 0 bridgehead atoms. The Bertz CT molecular complexity index is 308. The highest BCUT2D eigenvalue weighted by Crippen LogP contribution is 2.18. The summed E-state index contributed by atoms with van der Waals surface area (Å²) in [6.07, 6.45) is 2.25.